The highest BCUT2D eigenvalue weighted by atomic mass is 19.1. The highest BCUT2D eigenvalue weighted by Crippen LogP contribution is 2.33. The van der Waals surface area contributed by atoms with Gasteiger partial charge in [-0.25, -0.2) is 4.39 Å². The number of carbonyl (C=O) groups excluding carboxylic acids is 1. The number of amides is 1. The van der Waals surface area contributed by atoms with Crippen LogP contribution < -0.4 is 5.32 Å². The third-order valence-corrected chi connectivity index (χ3v) is 4.66. The Morgan fingerprint density at radius 3 is 2.91 bits per heavy atom. The Bertz CT molecular complexity index is 719. The van der Waals surface area contributed by atoms with Gasteiger partial charge in [0, 0.05) is 5.56 Å². The zero-order valence-electron chi connectivity index (χ0n) is 13.6. The monoisotopic (exact) mass is 316 g/mol. The van der Waals surface area contributed by atoms with Crippen LogP contribution in [-0.4, -0.2) is 11.1 Å². The van der Waals surface area contributed by atoms with Crippen LogP contribution in [-0.2, 0) is 11.2 Å². The van der Waals surface area contributed by atoms with E-state index in [-0.39, 0.29) is 23.7 Å². The molecule has 1 aliphatic carbocycles. The number of nitrogens with one attached hydrogen (secondary N) is 1. The number of carbonyl (C=O) groups is 1. The van der Waals surface area contributed by atoms with E-state index in [0.29, 0.717) is 12.2 Å². The molecule has 0 unspecified atom stereocenters. The summed E-state index contributed by atoms with van der Waals surface area (Å²) >= 11 is 0. The average Bonchev–Trinajstić information content (AvgIpc) is 3.05. The van der Waals surface area contributed by atoms with Crippen molar-refractivity contribution >= 4 is 5.91 Å². The zero-order chi connectivity index (χ0) is 16.6. The van der Waals surface area contributed by atoms with Gasteiger partial charge in [-0.1, -0.05) is 18.1 Å². The Hall–Kier alpha value is -2.17. The molecule has 0 spiro atoms. The van der Waals surface area contributed by atoms with E-state index in [1.165, 1.54) is 6.07 Å². The van der Waals surface area contributed by atoms with Crippen molar-refractivity contribution < 1.29 is 13.7 Å². The van der Waals surface area contributed by atoms with Crippen molar-refractivity contribution in [1.29, 1.82) is 0 Å². The first-order valence-corrected chi connectivity index (χ1v) is 8.02. The highest BCUT2D eigenvalue weighted by Gasteiger charge is 2.30. The van der Waals surface area contributed by atoms with Gasteiger partial charge in [-0.15, -0.1) is 0 Å². The highest BCUT2D eigenvalue weighted by molar-refractivity contribution is 5.84. The molecule has 3 rings (SSSR count). The number of hydrogen-bond acceptors (Lipinski definition) is 3. The molecule has 1 aromatic carbocycles. The fraction of sp³-hybridized carbons (Fsp3) is 0.444. The molecule has 1 amide bonds. The van der Waals surface area contributed by atoms with Crippen LogP contribution in [0.25, 0.3) is 0 Å². The van der Waals surface area contributed by atoms with Crippen LogP contribution in [0.15, 0.2) is 22.7 Å². The molecule has 23 heavy (non-hydrogen) atoms. The summed E-state index contributed by atoms with van der Waals surface area (Å²) in [5.74, 6) is 0.172. The van der Waals surface area contributed by atoms with Crippen molar-refractivity contribution in [1.82, 2.24) is 10.5 Å². The standard InChI is InChI=1S/C18H21FN2O2/c1-4-14(17-10(2)21-23-11(17)3)18(22)20-16-8-5-12-9-13(19)6-7-15(12)16/h6-7,9,14,16H,4-5,8H2,1-3H3,(H,20,22)/t14-,16+/m0/s1. The summed E-state index contributed by atoms with van der Waals surface area (Å²) in [5, 5.41) is 7.07. The SMILES string of the molecule is CC[C@H](C(=O)N[C@@H]1CCc2cc(F)ccc21)c1c(C)noc1C. The maximum Gasteiger partial charge on any atom is 0.228 e. The normalized spacial score (nSPS) is 17.8. The Labute approximate surface area is 135 Å². The van der Waals surface area contributed by atoms with Crippen molar-refractivity contribution in [3.8, 4) is 0 Å². The average molecular weight is 316 g/mol. The Kier molecular flexibility index (Phi) is 4.20. The maximum absolute atomic E-state index is 13.3. The molecule has 2 aromatic rings. The van der Waals surface area contributed by atoms with E-state index in [2.05, 4.69) is 10.5 Å². The molecule has 0 saturated carbocycles. The minimum absolute atomic E-state index is 0.0240. The van der Waals surface area contributed by atoms with Crippen molar-refractivity contribution in [3.05, 3.63) is 52.2 Å². The van der Waals surface area contributed by atoms with Gasteiger partial charge >= 0.3 is 0 Å². The third kappa shape index (κ3) is 2.87. The number of benzene rings is 1. The van der Waals surface area contributed by atoms with Gasteiger partial charge in [0.25, 0.3) is 0 Å². The second-order valence-corrected chi connectivity index (χ2v) is 6.14. The molecule has 0 radical (unpaired) electrons. The lowest BCUT2D eigenvalue weighted by Crippen LogP contribution is -2.32. The molecule has 1 N–H and O–H groups in total. The molecule has 1 aliphatic rings. The molecule has 1 aromatic heterocycles. The molecular formula is C18H21FN2O2. The Morgan fingerprint density at radius 1 is 1.48 bits per heavy atom. The lowest BCUT2D eigenvalue weighted by atomic mass is 9.93. The van der Waals surface area contributed by atoms with Crippen LogP contribution in [0.3, 0.4) is 0 Å². The first-order valence-electron chi connectivity index (χ1n) is 8.02. The van der Waals surface area contributed by atoms with Crippen LogP contribution in [0.4, 0.5) is 4.39 Å². The van der Waals surface area contributed by atoms with Crippen molar-refractivity contribution in [3.63, 3.8) is 0 Å². The van der Waals surface area contributed by atoms with Crippen LogP contribution in [0.5, 0.6) is 0 Å². The Morgan fingerprint density at radius 2 is 2.26 bits per heavy atom. The Balaban J connectivity index is 1.80. The largest absolute Gasteiger partial charge is 0.361 e. The lowest BCUT2D eigenvalue weighted by molar-refractivity contribution is -0.123. The number of fused-ring (bicyclic) bond motifs is 1. The predicted octanol–water partition coefficient (Wildman–Crippen LogP) is 3.73. The van der Waals surface area contributed by atoms with Crippen LogP contribution >= 0.6 is 0 Å². The summed E-state index contributed by atoms with van der Waals surface area (Å²) in [6.07, 6.45) is 2.28. The molecule has 0 saturated heterocycles. The second-order valence-electron chi connectivity index (χ2n) is 6.14. The fourth-order valence-corrected chi connectivity index (χ4v) is 3.52. The second kappa shape index (κ2) is 6.14. The van der Waals surface area contributed by atoms with Gasteiger partial charge in [0.05, 0.1) is 17.7 Å². The number of hydrogen-bond donors (Lipinski definition) is 1. The minimum Gasteiger partial charge on any atom is -0.361 e. The van der Waals surface area contributed by atoms with E-state index in [4.69, 9.17) is 4.52 Å². The zero-order valence-corrected chi connectivity index (χ0v) is 13.6. The molecule has 1 heterocycles. The van der Waals surface area contributed by atoms with Gasteiger partial charge < -0.3 is 9.84 Å². The van der Waals surface area contributed by atoms with Gasteiger partial charge in [-0.3, -0.25) is 4.79 Å². The van der Waals surface area contributed by atoms with Crippen molar-refractivity contribution in [2.24, 2.45) is 0 Å². The fourth-order valence-electron chi connectivity index (χ4n) is 3.52. The number of halogens is 1. The summed E-state index contributed by atoms with van der Waals surface area (Å²) in [6, 6.07) is 4.74. The van der Waals surface area contributed by atoms with Crippen molar-refractivity contribution in [2.45, 2.75) is 52.0 Å². The molecule has 0 fully saturated rings. The quantitative estimate of drug-likeness (QED) is 0.935. The summed E-state index contributed by atoms with van der Waals surface area (Å²) in [6.45, 7) is 5.67. The van der Waals surface area contributed by atoms with Gasteiger partial charge in [-0.2, -0.15) is 0 Å². The smallest absolute Gasteiger partial charge is 0.228 e. The summed E-state index contributed by atoms with van der Waals surface area (Å²) in [5.41, 5.74) is 3.65. The van der Waals surface area contributed by atoms with E-state index in [0.717, 1.165) is 35.2 Å². The van der Waals surface area contributed by atoms with Crippen LogP contribution in [0.1, 0.15) is 59.9 Å². The van der Waals surface area contributed by atoms with E-state index in [1.807, 2.05) is 20.8 Å². The van der Waals surface area contributed by atoms with Crippen molar-refractivity contribution in [2.75, 3.05) is 0 Å². The van der Waals surface area contributed by atoms with Crippen LogP contribution in [0, 0.1) is 19.7 Å². The van der Waals surface area contributed by atoms with Gasteiger partial charge in [0.2, 0.25) is 5.91 Å². The summed E-state index contributed by atoms with van der Waals surface area (Å²) in [7, 11) is 0. The van der Waals surface area contributed by atoms with Gasteiger partial charge in [0.1, 0.15) is 11.6 Å². The maximum atomic E-state index is 13.3. The topological polar surface area (TPSA) is 55.1 Å². The molecular weight excluding hydrogens is 295 g/mol. The molecule has 4 nitrogen and oxygen atoms in total. The molecule has 0 aliphatic heterocycles. The van der Waals surface area contributed by atoms with E-state index in [1.54, 1.807) is 12.1 Å². The van der Waals surface area contributed by atoms with E-state index in [9.17, 15) is 9.18 Å². The number of aryl methyl sites for hydroxylation is 3. The number of aromatic nitrogens is 1. The molecule has 0 bridgehead atoms. The minimum atomic E-state index is -0.272. The van der Waals surface area contributed by atoms with E-state index < -0.39 is 0 Å². The van der Waals surface area contributed by atoms with E-state index >= 15 is 0 Å². The van der Waals surface area contributed by atoms with Crippen LogP contribution in [0.2, 0.25) is 0 Å². The molecule has 122 valence electrons. The van der Waals surface area contributed by atoms with Gasteiger partial charge in [0.15, 0.2) is 0 Å². The summed E-state index contributed by atoms with van der Waals surface area (Å²) < 4.78 is 18.5. The number of rotatable bonds is 4. The summed E-state index contributed by atoms with van der Waals surface area (Å²) in [4.78, 5) is 12.8. The third-order valence-electron chi connectivity index (χ3n) is 4.66. The molecule has 5 heteroatoms. The molecule has 2 atom stereocenters. The number of nitrogens with zero attached hydrogens (tertiary/aromatic N) is 1. The first kappa shape index (κ1) is 15.7. The van der Waals surface area contributed by atoms with Gasteiger partial charge in [-0.05, 0) is 56.4 Å². The predicted molar refractivity (Wildman–Crippen MR) is 84.6 cm³/mol. The first-order chi connectivity index (χ1) is 11.0. The lowest BCUT2D eigenvalue weighted by Gasteiger charge is -2.19.